The minimum atomic E-state index is -0.819. The van der Waals surface area contributed by atoms with Gasteiger partial charge in [-0.05, 0) is 55.4 Å². The van der Waals surface area contributed by atoms with E-state index in [1.807, 2.05) is 70.5 Å². The smallest absolute Gasteiger partial charge is 0.339 e. The molecule has 2 aliphatic rings. The molecule has 3 amide bonds. The van der Waals surface area contributed by atoms with Gasteiger partial charge in [-0.25, -0.2) is 14.8 Å². The van der Waals surface area contributed by atoms with E-state index in [1.165, 1.54) is 13.3 Å². The lowest BCUT2D eigenvalue weighted by Crippen LogP contribution is -2.58. The predicted octanol–water partition coefficient (Wildman–Crippen LogP) is 3.84. The van der Waals surface area contributed by atoms with E-state index in [0.29, 0.717) is 38.1 Å². The van der Waals surface area contributed by atoms with E-state index in [4.69, 9.17) is 9.47 Å². The number of nitrogens with zero attached hydrogens (tertiary/aromatic N) is 5. The molecule has 2 aliphatic heterocycles. The van der Waals surface area contributed by atoms with Crippen molar-refractivity contribution in [2.24, 2.45) is 5.41 Å². The number of hydrogen-bond acceptors (Lipinski definition) is 11. The van der Waals surface area contributed by atoms with Crippen molar-refractivity contribution in [1.82, 2.24) is 30.4 Å². The highest BCUT2D eigenvalue weighted by Gasteiger charge is 2.42. The van der Waals surface area contributed by atoms with Gasteiger partial charge in [-0.15, -0.1) is 11.3 Å². The van der Waals surface area contributed by atoms with Crippen molar-refractivity contribution >= 4 is 40.8 Å². The molecule has 14 heteroatoms. The van der Waals surface area contributed by atoms with Crippen molar-refractivity contribution in [2.75, 3.05) is 64.5 Å². The second kappa shape index (κ2) is 17.4. The van der Waals surface area contributed by atoms with Crippen LogP contribution in [0.5, 0.6) is 0 Å². The van der Waals surface area contributed by atoms with Gasteiger partial charge in [0, 0.05) is 45.5 Å². The number of ether oxygens (including phenoxy) is 2. The third-order valence-corrected chi connectivity index (χ3v) is 10.7. The summed E-state index contributed by atoms with van der Waals surface area (Å²) in [4.78, 5) is 68.1. The molecule has 2 saturated heterocycles. The molecule has 13 nitrogen and oxygen atoms in total. The average molecular weight is 734 g/mol. The molecule has 1 aromatic carbocycles. The van der Waals surface area contributed by atoms with Crippen LogP contribution in [0.2, 0.25) is 0 Å². The fraction of sp³-hybridized carbons (Fsp3) is 0.526. The number of aryl methyl sites for hydroxylation is 1. The minimum absolute atomic E-state index is 0.168. The van der Waals surface area contributed by atoms with Crippen LogP contribution >= 0.6 is 11.3 Å². The first-order valence-corrected chi connectivity index (χ1v) is 18.7. The number of methoxy groups -OCH3 is 1. The molecule has 0 spiro atoms. The number of piperazine rings is 1. The number of rotatable bonds is 13. The van der Waals surface area contributed by atoms with E-state index < -0.39 is 23.5 Å². The second-order valence-corrected chi connectivity index (χ2v) is 15.3. The summed E-state index contributed by atoms with van der Waals surface area (Å²) in [7, 11) is 1.34. The summed E-state index contributed by atoms with van der Waals surface area (Å²) >= 11 is 1.60. The molecule has 3 aromatic rings. The Morgan fingerprint density at radius 1 is 0.981 bits per heavy atom. The number of likely N-dealkylation sites (tertiary alicyclic amines) is 1. The van der Waals surface area contributed by atoms with Crippen LogP contribution in [0.15, 0.2) is 48.1 Å². The largest absolute Gasteiger partial charge is 0.465 e. The quantitative estimate of drug-likeness (QED) is 0.196. The first-order chi connectivity index (χ1) is 24.8. The van der Waals surface area contributed by atoms with Gasteiger partial charge in [-0.3, -0.25) is 19.3 Å². The first-order valence-electron chi connectivity index (χ1n) is 17.9. The van der Waals surface area contributed by atoms with Crippen LogP contribution < -0.4 is 15.5 Å². The van der Waals surface area contributed by atoms with Gasteiger partial charge in [-0.1, -0.05) is 45.0 Å². The average Bonchev–Trinajstić information content (AvgIpc) is 3.81. The van der Waals surface area contributed by atoms with E-state index in [9.17, 15) is 19.2 Å². The Morgan fingerprint density at radius 3 is 2.33 bits per heavy atom. The van der Waals surface area contributed by atoms with Crippen LogP contribution in [0.25, 0.3) is 10.4 Å². The van der Waals surface area contributed by atoms with Crippen LogP contribution in [-0.2, 0) is 23.9 Å². The Bertz CT molecular complexity index is 1680. The zero-order valence-corrected chi connectivity index (χ0v) is 31.8. The Morgan fingerprint density at radius 2 is 1.71 bits per heavy atom. The van der Waals surface area contributed by atoms with Gasteiger partial charge < -0.3 is 29.9 Å². The fourth-order valence-corrected chi connectivity index (χ4v) is 7.40. The maximum atomic E-state index is 14.0. The maximum absolute atomic E-state index is 14.0. The van der Waals surface area contributed by atoms with Gasteiger partial charge in [-0.2, -0.15) is 0 Å². The number of hydrogen-bond donors (Lipinski definition) is 2. The topological polar surface area (TPSA) is 146 Å². The highest BCUT2D eigenvalue weighted by atomic mass is 32.1. The molecule has 2 fully saturated rings. The highest BCUT2D eigenvalue weighted by molar-refractivity contribution is 7.13. The monoisotopic (exact) mass is 733 g/mol. The van der Waals surface area contributed by atoms with E-state index in [1.54, 1.807) is 22.3 Å². The molecule has 3 atom stereocenters. The predicted molar refractivity (Wildman–Crippen MR) is 200 cm³/mol. The Kier molecular flexibility index (Phi) is 13.0. The van der Waals surface area contributed by atoms with E-state index in [-0.39, 0.29) is 30.4 Å². The third-order valence-electron chi connectivity index (χ3n) is 9.68. The molecule has 4 heterocycles. The first kappa shape index (κ1) is 38.8. The van der Waals surface area contributed by atoms with Crippen molar-refractivity contribution in [3.8, 4) is 10.4 Å². The lowest BCUT2D eigenvalue weighted by molar-refractivity contribution is -0.144. The lowest BCUT2D eigenvalue weighted by atomic mass is 9.85. The summed E-state index contributed by atoms with van der Waals surface area (Å²) in [6.45, 7) is 14.1. The summed E-state index contributed by atoms with van der Waals surface area (Å²) in [5.41, 5.74) is 4.71. The van der Waals surface area contributed by atoms with Gasteiger partial charge in [0.05, 0.1) is 41.4 Å². The van der Waals surface area contributed by atoms with Crippen molar-refractivity contribution in [3.63, 3.8) is 0 Å². The molecule has 0 bridgehead atoms. The number of anilines is 1. The molecule has 2 aromatic heterocycles. The summed E-state index contributed by atoms with van der Waals surface area (Å²) in [6.07, 6.45) is 2.80. The summed E-state index contributed by atoms with van der Waals surface area (Å²) in [5, 5.41) is 6.02. The van der Waals surface area contributed by atoms with Gasteiger partial charge in [0.1, 0.15) is 24.5 Å². The van der Waals surface area contributed by atoms with Crippen LogP contribution in [0.3, 0.4) is 0 Å². The highest BCUT2D eigenvalue weighted by Crippen LogP contribution is 2.29. The van der Waals surface area contributed by atoms with Crippen molar-refractivity contribution in [3.05, 3.63) is 64.9 Å². The summed E-state index contributed by atoms with van der Waals surface area (Å²) in [5.74, 6) is -0.433. The van der Waals surface area contributed by atoms with Crippen molar-refractivity contribution < 1.29 is 28.7 Å². The van der Waals surface area contributed by atoms with Gasteiger partial charge in [0.2, 0.25) is 17.7 Å². The van der Waals surface area contributed by atoms with E-state index >= 15 is 0 Å². The molecule has 5 rings (SSSR count). The third kappa shape index (κ3) is 9.72. The zero-order chi connectivity index (χ0) is 37.4. The summed E-state index contributed by atoms with van der Waals surface area (Å²) in [6, 6.07) is 9.97. The SMILES string of the molecule is COC(=O)c1ccc(N2CCN(CCOCC(=O)N[C@H](C(=O)N3CCC[C@H]3C(=O)N[C@@H](C)c3ccc(-c4scnc4C)cc3)C(C)(C)C)CC2)nc1. The molecule has 2 N–H and O–H groups in total. The number of nitrogens with one attached hydrogen (secondary N) is 2. The maximum Gasteiger partial charge on any atom is 0.339 e. The molecular formula is C38H51N7O6S. The number of esters is 1. The molecule has 0 radical (unpaired) electrons. The van der Waals surface area contributed by atoms with Crippen molar-refractivity contribution in [2.45, 2.75) is 65.6 Å². The van der Waals surface area contributed by atoms with E-state index in [2.05, 4.69) is 30.4 Å². The summed E-state index contributed by atoms with van der Waals surface area (Å²) < 4.78 is 10.5. The fourth-order valence-electron chi connectivity index (χ4n) is 6.59. The minimum Gasteiger partial charge on any atom is -0.465 e. The standard InChI is InChI=1S/C38H51N7O6S/c1-25(27-9-11-28(12-10-27)33-26(2)40-24-52-33)41-35(47)30-8-7-15-45(30)36(48)34(38(3,4)5)42-32(46)23-51-21-20-43-16-18-44(19-17-43)31-14-13-29(22-39-31)37(49)50-6/h9-14,22,24-25,30,34H,7-8,15-21,23H2,1-6H3,(H,41,47)(H,42,46)/t25-,30-,34+/m0/s1. The number of pyridine rings is 1. The van der Waals surface area contributed by atoms with Crippen molar-refractivity contribution in [1.29, 1.82) is 0 Å². The molecule has 280 valence electrons. The second-order valence-electron chi connectivity index (χ2n) is 14.5. The Balaban J connectivity index is 1.07. The number of thiazole rings is 1. The van der Waals surface area contributed by atoms with Crippen LogP contribution in [0, 0.1) is 12.3 Å². The number of carbonyl (C=O) groups is 4. The van der Waals surface area contributed by atoms with Crippen LogP contribution in [0.1, 0.15) is 68.2 Å². The zero-order valence-electron chi connectivity index (χ0n) is 31.0. The molecule has 52 heavy (non-hydrogen) atoms. The Labute approximate surface area is 310 Å². The van der Waals surface area contributed by atoms with Crippen LogP contribution in [-0.4, -0.2) is 115 Å². The molecule has 0 unspecified atom stereocenters. The number of amides is 3. The van der Waals surface area contributed by atoms with Gasteiger partial charge in [0.15, 0.2) is 0 Å². The number of benzene rings is 1. The molecule has 0 aliphatic carbocycles. The molecular weight excluding hydrogens is 683 g/mol. The van der Waals surface area contributed by atoms with Crippen LogP contribution in [0.4, 0.5) is 5.82 Å². The van der Waals surface area contributed by atoms with Gasteiger partial charge in [0.25, 0.3) is 0 Å². The number of carbonyl (C=O) groups excluding carboxylic acids is 4. The molecule has 0 saturated carbocycles. The lowest BCUT2D eigenvalue weighted by Gasteiger charge is -2.36. The Hall–Kier alpha value is -4.40. The van der Waals surface area contributed by atoms with Gasteiger partial charge >= 0.3 is 5.97 Å². The normalized spacial score (nSPS) is 17.8. The number of aromatic nitrogens is 2. The van der Waals surface area contributed by atoms with E-state index in [0.717, 1.165) is 53.7 Å².